The minimum absolute atomic E-state index is 0.0974. The highest BCUT2D eigenvalue weighted by Crippen LogP contribution is 2.30. The molecule has 156 valence electrons. The average molecular weight is 397 g/mol. The van der Waals surface area contributed by atoms with Gasteiger partial charge in [0.15, 0.2) is 0 Å². The van der Waals surface area contributed by atoms with Crippen LogP contribution in [0.1, 0.15) is 74.2 Å². The Morgan fingerprint density at radius 2 is 1.76 bits per heavy atom. The van der Waals surface area contributed by atoms with Crippen LogP contribution in [0.3, 0.4) is 0 Å². The van der Waals surface area contributed by atoms with E-state index in [1.165, 1.54) is 5.56 Å². The van der Waals surface area contributed by atoms with Crippen LogP contribution >= 0.6 is 0 Å². The molecule has 29 heavy (non-hydrogen) atoms. The molecule has 0 unspecified atom stereocenters. The summed E-state index contributed by atoms with van der Waals surface area (Å²) in [6.45, 7) is 7.53. The van der Waals surface area contributed by atoms with Gasteiger partial charge in [-0.15, -0.1) is 0 Å². The molecule has 0 aliphatic carbocycles. The van der Waals surface area contributed by atoms with Crippen LogP contribution in [0.15, 0.2) is 24.5 Å². The molecule has 4 rings (SSSR count). The second kappa shape index (κ2) is 8.56. The van der Waals surface area contributed by atoms with Gasteiger partial charge in [-0.3, -0.25) is 9.59 Å². The fourth-order valence-corrected chi connectivity index (χ4v) is 4.84. The standard InChI is InChI=1S/C23H32N4O2/c1-3-17(4-2)22(28)26-12-7-18(8-13-26)19-9-14-27-21(15-19)20(16-24-27)23(29)25-10-5-6-11-25/h9,14-18H,3-8,10-13H2,1-2H3. The van der Waals surface area contributed by atoms with Crippen LogP contribution in [0, 0.1) is 5.92 Å². The first-order valence-corrected chi connectivity index (χ1v) is 11.2. The maximum absolute atomic E-state index is 12.9. The summed E-state index contributed by atoms with van der Waals surface area (Å²) in [7, 11) is 0. The Morgan fingerprint density at radius 3 is 2.41 bits per heavy atom. The number of carbonyl (C=O) groups excluding carboxylic acids is 2. The van der Waals surface area contributed by atoms with Crippen molar-refractivity contribution in [3.05, 3.63) is 35.7 Å². The molecule has 2 saturated heterocycles. The molecular formula is C23H32N4O2. The van der Waals surface area contributed by atoms with Gasteiger partial charge in [0.05, 0.1) is 17.3 Å². The van der Waals surface area contributed by atoms with Crippen molar-refractivity contribution in [2.24, 2.45) is 5.92 Å². The Hall–Kier alpha value is -2.37. The molecule has 6 heteroatoms. The van der Waals surface area contributed by atoms with E-state index in [1.807, 2.05) is 16.0 Å². The predicted octanol–water partition coefficient (Wildman–Crippen LogP) is 3.71. The van der Waals surface area contributed by atoms with Gasteiger partial charge in [-0.25, -0.2) is 4.52 Å². The van der Waals surface area contributed by atoms with E-state index in [2.05, 4.69) is 31.1 Å². The SMILES string of the molecule is CCC(CC)C(=O)N1CCC(c2ccn3ncc(C(=O)N4CCCC4)c3c2)CC1. The van der Waals surface area contributed by atoms with Crippen LogP contribution < -0.4 is 0 Å². The second-order valence-electron chi connectivity index (χ2n) is 8.46. The third-order valence-corrected chi connectivity index (χ3v) is 6.78. The highest BCUT2D eigenvalue weighted by Gasteiger charge is 2.28. The van der Waals surface area contributed by atoms with Crippen molar-refractivity contribution in [3.8, 4) is 0 Å². The maximum atomic E-state index is 12.9. The summed E-state index contributed by atoms with van der Waals surface area (Å²) in [6.07, 6.45) is 9.64. The first-order chi connectivity index (χ1) is 14.1. The number of aromatic nitrogens is 2. The molecule has 2 aromatic heterocycles. The summed E-state index contributed by atoms with van der Waals surface area (Å²) in [5.74, 6) is 1.00. The van der Waals surface area contributed by atoms with Crippen molar-refractivity contribution in [3.63, 3.8) is 0 Å². The van der Waals surface area contributed by atoms with Gasteiger partial charge in [0.1, 0.15) is 0 Å². The predicted molar refractivity (Wildman–Crippen MR) is 113 cm³/mol. The zero-order valence-corrected chi connectivity index (χ0v) is 17.6. The first kappa shape index (κ1) is 19.9. The van der Waals surface area contributed by atoms with E-state index in [9.17, 15) is 9.59 Å². The minimum Gasteiger partial charge on any atom is -0.342 e. The number of piperidine rings is 1. The summed E-state index contributed by atoms with van der Waals surface area (Å²) >= 11 is 0. The fourth-order valence-electron chi connectivity index (χ4n) is 4.84. The average Bonchev–Trinajstić information content (AvgIpc) is 3.44. The highest BCUT2D eigenvalue weighted by atomic mass is 16.2. The van der Waals surface area contributed by atoms with Gasteiger partial charge in [-0.05, 0) is 62.1 Å². The molecule has 2 fully saturated rings. The molecule has 4 heterocycles. The van der Waals surface area contributed by atoms with Crippen molar-refractivity contribution < 1.29 is 9.59 Å². The largest absolute Gasteiger partial charge is 0.342 e. The summed E-state index contributed by atoms with van der Waals surface area (Å²) < 4.78 is 1.80. The summed E-state index contributed by atoms with van der Waals surface area (Å²) in [6, 6.07) is 4.26. The number of nitrogens with zero attached hydrogens (tertiary/aromatic N) is 4. The molecule has 0 aromatic carbocycles. The Balaban J connectivity index is 1.48. The lowest BCUT2D eigenvalue weighted by atomic mass is 9.88. The normalized spacial score (nSPS) is 18.2. The number of likely N-dealkylation sites (tertiary alicyclic amines) is 2. The summed E-state index contributed by atoms with van der Waals surface area (Å²) in [4.78, 5) is 29.5. The van der Waals surface area contributed by atoms with E-state index in [0.717, 1.165) is 70.2 Å². The van der Waals surface area contributed by atoms with Gasteiger partial charge < -0.3 is 9.80 Å². The Labute approximate surface area is 172 Å². The van der Waals surface area contributed by atoms with Crippen LogP contribution in [0.4, 0.5) is 0 Å². The number of amides is 2. The van der Waals surface area contributed by atoms with E-state index in [0.29, 0.717) is 17.4 Å². The van der Waals surface area contributed by atoms with Crippen molar-refractivity contribution in [1.82, 2.24) is 19.4 Å². The van der Waals surface area contributed by atoms with Crippen LogP contribution in [-0.2, 0) is 4.79 Å². The number of pyridine rings is 1. The van der Waals surface area contributed by atoms with E-state index in [1.54, 1.807) is 10.7 Å². The minimum atomic E-state index is 0.0974. The molecule has 0 saturated carbocycles. The number of hydrogen-bond donors (Lipinski definition) is 0. The lowest BCUT2D eigenvalue weighted by Crippen LogP contribution is -2.41. The Kier molecular flexibility index (Phi) is 5.88. The molecule has 6 nitrogen and oxygen atoms in total. The maximum Gasteiger partial charge on any atom is 0.257 e. The molecule has 2 amide bonds. The zero-order chi connectivity index (χ0) is 20.4. The second-order valence-corrected chi connectivity index (χ2v) is 8.46. The quantitative estimate of drug-likeness (QED) is 0.774. The third kappa shape index (κ3) is 3.89. The number of hydrogen-bond acceptors (Lipinski definition) is 3. The summed E-state index contributed by atoms with van der Waals surface area (Å²) in [5, 5.41) is 4.39. The Morgan fingerprint density at radius 1 is 1.07 bits per heavy atom. The van der Waals surface area contributed by atoms with Crippen molar-refractivity contribution in [1.29, 1.82) is 0 Å². The van der Waals surface area contributed by atoms with Crippen LogP contribution in [-0.4, -0.2) is 57.4 Å². The van der Waals surface area contributed by atoms with E-state index in [-0.39, 0.29) is 11.8 Å². The van der Waals surface area contributed by atoms with Crippen LogP contribution in [0.2, 0.25) is 0 Å². The summed E-state index contributed by atoms with van der Waals surface area (Å²) in [5.41, 5.74) is 2.85. The van der Waals surface area contributed by atoms with Gasteiger partial charge >= 0.3 is 0 Å². The van der Waals surface area contributed by atoms with Gasteiger partial charge in [0.2, 0.25) is 5.91 Å². The van der Waals surface area contributed by atoms with Gasteiger partial charge in [-0.2, -0.15) is 5.10 Å². The number of carbonyl (C=O) groups is 2. The molecule has 2 aromatic rings. The van der Waals surface area contributed by atoms with E-state index >= 15 is 0 Å². The topological polar surface area (TPSA) is 57.9 Å². The molecule has 0 spiro atoms. The molecule has 2 aliphatic rings. The number of rotatable bonds is 5. The molecule has 2 aliphatic heterocycles. The highest BCUT2D eigenvalue weighted by molar-refractivity contribution is 6.00. The van der Waals surface area contributed by atoms with Gasteiger partial charge in [0, 0.05) is 38.3 Å². The zero-order valence-electron chi connectivity index (χ0n) is 17.6. The van der Waals surface area contributed by atoms with E-state index in [4.69, 9.17) is 0 Å². The van der Waals surface area contributed by atoms with Crippen molar-refractivity contribution in [2.75, 3.05) is 26.2 Å². The van der Waals surface area contributed by atoms with Crippen LogP contribution in [0.5, 0.6) is 0 Å². The third-order valence-electron chi connectivity index (χ3n) is 6.78. The Bertz CT molecular complexity index is 872. The molecule has 0 radical (unpaired) electrons. The number of fused-ring (bicyclic) bond motifs is 1. The molecule has 0 N–H and O–H groups in total. The van der Waals surface area contributed by atoms with Gasteiger partial charge in [0.25, 0.3) is 5.91 Å². The molecule has 0 atom stereocenters. The molecule has 0 bridgehead atoms. The van der Waals surface area contributed by atoms with Crippen molar-refractivity contribution >= 4 is 17.3 Å². The fraction of sp³-hybridized carbons (Fsp3) is 0.609. The van der Waals surface area contributed by atoms with Crippen LogP contribution in [0.25, 0.3) is 5.52 Å². The smallest absolute Gasteiger partial charge is 0.257 e. The van der Waals surface area contributed by atoms with Gasteiger partial charge in [-0.1, -0.05) is 13.8 Å². The first-order valence-electron chi connectivity index (χ1n) is 11.2. The lowest BCUT2D eigenvalue weighted by molar-refractivity contribution is -0.136. The lowest BCUT2D eigenvalue weighted by Gasteiger charge is -2.34. The van der Waals surface area contributed by atoms with Crippen molar-refractivity contribution in [2.45, 2.75) is 58.3 Å². The van der Waals surface area contributed by atoms with E-state index < -0.39 is 0 Å². The molecular weight excluding hydrogens is 364 g/mol. The monoisotopic (exact) mass is 396 g/mol.